The van der Waals surface area contributed by atoms with Crippen molar-refractivity contribution in [3.8, 4) is 11.6 Å². The van der Waals surface area contributed by atoms with Crippen molar-refractivity contribution < 1.29 is 19.0 Å². The van der Waals surface area contributed by atoms with Gasteiger partial charge in [0.1, 0.15) is 11.6 Å². The predicted octanol–water partition coefficient (Wildman–Crippen LogP) is 3.52. The Kier molecular flexibility index (Phi) is 4.42. The maximum absolute atomic E-state index is 13.2. The molecule has 0 bridgehead atoms. The number of carboxylic acid groups (broad SMARTS) is 1. The number of carboxylic acids is 1. The molecule has 1 aromatic heterocycles. The first-order valence-corrected chi connectivity index (χ1v) is 6.75. The van der Waals surface area contributed by atoms with Crippen LogP contribution < -0.4 is 4.74 Å². The SMILES string of the molecule is Cc1nn(C)c(Oc2ccc(F)c(Br)c2)c1/C=C/C(=O)O. The highest BCUT2D eigenvalue weighted by molar-refractivity contribution is 9.10. The maximum Gasteiger partial charge on any atom is 0.328 e. The number of hydrogen-bond acceptors (Lipinski definition) is 3. The zero-order chi connectivity index (χ0) is 15.6. The highest BCUT2D eigenvalue weighted by Crippen LogP contribution is 2.30. The third-order valence-electron chi connectivity index (χ3n) is 2.71. The molecule has 0 fully saturated rings. The number of nitrogens with zero attached hydrogens (tertiary/aromatic N) is 2. The van der Waals surface area contributed by atoms with Gasteiger partial charge < -0.3 is 9.84 Å². The van der Waals surface area contributed by atoms with Crippen molar-refractivity contribution in [2.24, 2.45) is 7.05 Å². The molecule has 0 saturated heterocycles. The van der Waals surface area contributed by atoms with E-state index < -0.39 is 11.8 Å². The molecule has 21 heavy (non-hydrogen) atoms. The summed E-state index contributed by atoms with van der Waals surface area (Å²) in [6.45, 7) is 1.75. The Bertz CT molecular complexity index is 725. The van der Waals surface area contributed by atoms with Crippen LogP contribution in [0.3, 0.4) is 0 Å². The molecule has 1 N–H and O–H groups in total. The number of rotatable bonds is 4. The van der Waals surface area contributed by atoms with E-state index in [0.29, 0.717) is 22.9 Å². The topological polar surface area (TPSA) is 64.4 Å². The van der Waals surface area contributed by atoms with Crippen molar-refractivity contribution in [1.29, 1.82) is 0 Å². The van der Waals surface area contributed by atoms with Crippen molar-refractivity contribution in [1.82, 2.24) is 9.78 Å². The molecule has 0 unspecified atom stereocenters. The minimum absolute atomic E-state index is 0.279. The molecular weight excluding hydrogens is 343 g/mol. The molecule has 0 radical (unpaired) electrons. The summed E-state index contributed by atoms with van der Waals surface area (Å²) in [5, 5.41) is 12.9. The minimum Gasteiger partial charge on any atom is -0.478 e. The van der Waals surface area contributed by atoms with Crippen LogP contribution in [0.5, 0.6) is 11.6 Å². The second kappa shape index (κ2) is 6.09. The number of benzene rings is 1. The van der Waals surface area contributed by atoms with Crippen LogP contribution in [0.15, 0.2) is 28.7 Å². The molecule has 7 heteroatoms. The van der Waals surface area contributed by atoms with Crippen LogP contribution in [0.2, 0.25) is 0 Å². The van der Waals surface area contributed by atoms with Crippen molar-refractivity contribution in [3.63, 3.8) is 0 Å². The van der Waals surface area contributed by atoms with Crippen LogP contribution in [0.4, 0.5) is 4.39 Å². The summed E-state index contributed by atoms with van der Waals surface area (Å²) in [6, 6.07) is 4.24. The average molecular weight is 355 g/mol. The monoisotopic (exact) mass is 354 g/mol. The maximum atomic E-state index is 13.2. The van der Waals surface area contributed by atoms with Crippen LogP contribution >= 0.6 is 15.9 Å². The van der Waals surface area contributed by atoms with Gasteiger partial charge in [-0.25, -0.2) is 13.9 Å². The molecule has 2 rings (SSSR count). The van der Waals surface area contributed by atoms with Crippen LogP contribution in [0, 0.1) is 12.7 Å². The Labute approximate surface area is 128 Å². The molecule has 0 saturated carbocycles. The van der Waals surface area contributed by atoms with E-state index in [9.17, 15) is 9.18 Å². The average Bonchev–Trinajstić information content (AvgIpc) is 2.66. The Morgan fingerprint density at radius 1 is 1.52 bits per heavy atom. The fourth-order valence-corrected chi connectivity index (χ4v) is 2.13. The lowest BCUT2D eigenvalue weighted by molar-refractivity contribution is -0.131. The third kappa shape index (κ3) is 3.49. The summed E-state index contributed by atoms with van der Waals surface area (Å²) in [7, 11) is 1.68. The van der Waals surface area contributed by atoms with Gasteiger partial charge in [-0.05, 0) is 47.1 Å². The van der Waals surface area contributed by atoms with E-state index >= 15 is 0 Å². The number of halogens is 2. The van der Waals surface area contributed by atoms with Crippen LogP contribution in [-0.2, 0) is 11.8 Å². The summed E-state index contributed by atoms with van der Waals surface area (Å²) in [5.74, 6) is -0.664. The number of hydrogen-bond donors (Lipinski definition) is 1. The first-order valence-electron chi connectivity index (χ1n) is 5.96. The van der Waals surface area contributed by atoms with Crippen molar-refractivity contribution in [2.75, 3.05) is 0 Å². The van der Waals surface area contributed by atoms with Crippen LogP contribution in [0.1, 0.15) is 11.3 Å². The van der Waals surface area contributed by atoms with Crippen molar-refractivity contribution in [3.05, 3.63) is 45.8 Å². The lowest BCUT2D eigenvalue weighted by Crippen LogP contribution is -1.96. The van der Waals surface area contributed by atoms with E-state index in [0.717, 1.165) is 6.08 Å². The molecule has 1 heterocycles. The van der Waals surface area contributed by atoms with E-state index in [1.165, 1.54) is 29.0 Å². The number of aromatic nitrogens is 2. The van der Waals surface area contributed by atoms with Crippen LogP contribution in [0.25, 0.3) is 6.08 Å². The Morgan fingerprint density at radius 2 is 2.24 bits per heavy atom. The Hall–Kier alpha value is -2.15. The van der Waals surface area contributed by atoms with Gasteiger partial charge in [-0.2, -0.15) is 5.10 Å². The van der Waals surface area contributed by atoms with Gasteiger partial charge in [0.25, 0.3) is 0 Å². The fraction of sp³-hybridized carbons (Fsp3) is 0.143. The zero-order valence-corrected chi connectivity index (χ0v) is 12.9. The lowest BCUT2D eigenvalue weighted by Gasteiger charge is -2.07. The van der Waals surface area contributed by atoms with Gasteiger partial charge >= 0.3 is 5.97 Å². The Morgan fingerprint density at radius 3 is 2.86 bits per heavy atom. The first-order chi connectivity index (χ1) is 9.88. The van der Waals surface area contributed by atoms with Gasteiger partial charge in [0.15, 0.2) is 0 Å². The van der Waals surface area contributed by atoms with Gasteiger partial charge in [0.05, 0.1) is 15.7 Å². The molecule has 0 spiro atoms. The molecule has 0 amide bonds. The number of ether oxygens (including phenoxy) is 1. The van der Waals surface area contributed by atoms with Gasteiger partial charge in [-0.15, -0.1) is 0 Å². The number of aryl methyl sites for hydroxylation is 2. The van der Waals surface area contributed by atoms with Gasteiger partial charge in [0.2, 0.25) is 5.88 Å². The van der Waals surface area contributed by atoms with Gasteiger partial charge in [-0.1, -0.05) is 0 Å². The molecule has 0 aliphatic heterocycles. The molecule has 0 atom stereocenters. The second-order valence-electron chi connectivity index (χ2n) is 4.28. The molecule has 0 aliphatic carbocycles. The normalized spacial score (nSPS) is 11.0. The molecular formula is C14H12BrFN2O3. The minimum atomic E-state index is -1.06. The van der Waals surface area contributed by atoms with Crippen molar-refractivity contribution >= 4 is 28.0 Å². The second-order valence-corrected chi connectivity index (χ2v) is 5.13. The highest BCUT2D eigenvalue weighted by Gasteiger charge is 2.14. The van der Waals surface area contributed by atoms with Crippen LogP contribution in [-0.4, -0.2) is 20.9 Å². The van der Waals surface area contributed by atoms with Gasteiger partial charge in [0, 0.05) is 13.1 Å². The molecule has 1 aromatic carbocycles. The Balaban J connectivity index is 2.39. The highest BCUT2D eigenvalue weighted by atomic mass is 79.9. The molecule has 0 aliphatic rings. The summed E-state index contributed by atoms with van der Waals surface area (Å²) < 4.78 is 20.7. The predicted molar refractivity (Wildman–Crippen MR) is 78.8 cm³/mol. The quantitative estimate of drug-likeness (QED) is 0.853. The van der Waals surface area contributed by atoms with E-state index in [4.69, 9.17) is 9.84 Å². The fourth-order valence-electron chi connectivity index (χ4n) is 1.77. The van der Waals surface area contributed by atoms with Crippen molar-refractivity contribution in [2.45, 2.75) is 6.92 Å². The molecule has 110 valence electrons. The van der Waals surface area contributed by atoms with E-state index in [1.54, 1.807) is 14.0 Å². The summed E-state index contributed by atoms with van der Waals surface area (Å²) >= 11 is 3.08. The van der Waals surface area contributed by atoms with E-state index in [1.807, 2.05) is 0 Å². The third-order valence-corrected chi connectivity index (χ3v) is 3.32. The summed E-state index contributed by atoms with van der Waals surface area (Å²) in [6.07, 6.45) is 2.43. The lowest BCUT2D eigenvalue weighted by atomic mass is 10.2. The van der Waals surface area contributed by atoms with E-state index in [-0.39, 0.29) is 4.47 Å². The molecule has 5 nitrogen and oxygen atoms in total. The largest absolute Gasteiger partial charge is 0.478 e. The van der Waals surface area contributed by atoms with E-state index in [2.05, 4.69) is 21.0 Å². The first kappa shape index (κ1) is 15.2. The summed E-state index contributed by atoms with van der Waals surface area (Å²) in [4.78, 5) is 10.6. The number of carbonyl (C=O) groups is 1. The smallest absolute Gasteiger partial charge is 0.328 e. The number of aliphatic carboxylic acids is 1. The standard InChI is InChI=1S/C14H12BrFN2O3/c1-8-10(4-6-13(19)20)14(18(2)17-8)21-9-3-5-12(16)11(15)7-9/h3-7H,1-2H3,(H,19,20)/b6-4+. The molecule has 2 aromatic rings. The summed E-state index contributed by atoms with van der Waals surface area (Å²) in [5.41, 5.74) is 1.19. The zero-order valence-electron chi connectivity index (χ0n) is 11.3. The van der Waals surface area contributed by atoms with Gasteiger partial charge in [-0.3, -0.25) is 0 Å².